The lowest BCUT2D eigenvalue weighted by molar-refractivity contribution is -0.201. The van der Waals surface area contributed by atoms with Gasteiger partial charge < -0.3 is 15.3 Å². The van der Waals surface area contributed by atoms with Crippen LogP contribution in [0.2, 0.25) is 0 Å². The summed E-state index contributed by atoms with van der Waals surface area (Å²) < 4.78 is 0. The van der Waals surface area contributed by atoms with E-state index < -0.39 is 17.3 Å². The second-order valence-electron chi connectivity index (χ2n) is 7.33. The molecule has 2 aliphatic rings. The smallest absolute Gasteiger partial charge is 0.0880 e. The Balaban J connectivity index is 2.32. The highest BCUT2D eigenvalue weighted by molar-refractivity contribution is 5.05. The van der Waals surface area contributed by atoms with Gasteiger partial charge in [0, 0.05) is 0 Å². The van der Waals surface area contributed by atoms with Crippen molar-refractivity contribution in [1.82, 2.24) is 0 Å². The number of aliphatic hydroxyl groups is 3. The minimum absolute atomic E-state index is 0.0255. The first kappa shape index (κ1) is 14.3. The van der Waals surface area contributed by atoms with E-state index in [-0.39, 0.29) is 11.8 Å². The van der Waals surface area contributed by atoms with Crippen molar-refractivity contribution in [3.05, 3.63) is 0 Å². The van der Waals surface area contributed by atoms with Crippen LogP contribution >= 0.6 is 0 Å². The number of fused-ring (bicyclic) bond motifs is 1. The Morgan fingerprint density at radius 3 is 2.11 bits per heavy atom. The molecule has 0 radical (unpaired) electrons. The normalized spacial score (nSPS) is 53.3. The molecule has 2 rings (SSSR count). The van der Waals surface area contributed by atoms with Crippen LogP contribution in [-0.2, 0) is 0 Å². The Kier molecular flexibility index (Phi) is 3.54. The second-order valence-corrected chi connectivity index (χ2v) is 7.33. The molecule has 0 saturated heterocycles. The fourth-order valence-corrected chi connectivity index (χ4v) is 4.30. The first-order valence-corrected chi connectivity index (χ1v) is 7.29. The van der Waals surface area contributed by atoms with Gasteiger partial charge in [0.1, 0.15) is 0 Å². The highest BCUT2D eigenvalue weighted by Crippen LogP contribution is 2.52. The predicted molar refractivity (Wildman–Crippen MR) is 71.0 cm³/mol. The van der Waals surface area contributed by atoms with E-state index in [2.05, 4.69) is 13.8 Å². The number of hydrogen-bond acceptors (Lipinski definition) is 3. The fraction of sp³-hybridized carbons (Fsp3) is 1.00. The Morgan fingerprint density at radius 2 is 1.56 bits per heavy atom. The van der Waals surface area contributed by atoms with Crippen molar-refractivity contribution in [3.63, 3.8) is 0 Å². The highest BCUT2D eigenvalue weighted by atomic mass is 16.3. The third-order valence-corrected chi connectivity index (χ3v) is 5.56. The molecule has 0 aromatic heterocycles. The molecule has 0 bridgehead atoms. The maximum atomic E-state index is 10.6. The highest BCUT2D eigenvalue weighted by Gasteiger charge is 2.55. The zero-order valence-corrected chi connectivity index (χ0v) is 12.1. The lowest BCUT2D eigenvalue weighted by Gasteiger charge is -2.55. The van der Waals surface area contributed by atoms with Gasteiger partial charge in [-0.1, -0.05) is 13.8 Å². The summed E-state index contributed by atoms with van der Waals surface area (Å²) >= 11 is 0. The van der Waals surface area contributed by atoms with Crippen LogP contribution in [0.4, 0.5) is 0 Å². The summed E-state index contributed by atoms with van der Waals surface area (Å²) in [6.07, 6.45) is 2.43. The maximum absolute atomic E-state index is 10.6. The third kappa shape index (κ3) is 2.21. The lowest BCUT2D eigenvalue weighted by atomic mass is 9.54. The molecular formula is C15H28O3. The molecular weight excluding hydrogens is 228 g/mol. The molecule has 3 N–H and O–H groups in total. The van der Waals surface area contributed by atoms with Crippen LogP contribution < -0.4 is 0 Å². The van der Waals surface area contributed by atoms with Crippen molar-refractivity contribution in [2.45, 2.75) is 70.7 Å². The van der Waals surface area contributed by atoms with Gasteiger partial charge in [0.15, 0.2) is 0 Å². The van der Waals surface area contributed by atoms with E-state index in [1.54, 1.807) is 6.92 Å². The maximum Gasteiger partial charge on any atom is 0.0880 e. The topological polar surface area (TPSA) is 60.7 Å². The van der Waals surface area contributed by atoms with Crippen LogP contribution in [0.15, 0.2) is 0 Å². The quantitative estimate of drug-likeness (QED) is 0.672. The molecule has 18 heavy (non-hydrogen) atoms. The van der Waals surface area contributed by atoms with E-state index in [1.165, 1.54) is 0 Å². The molecule has 0 aliphatic heterocycles. The minimum Gasteiger partial charge on any atom is -0.390 e. The van der Waals surface area contributed by atoms with Gasteiger partial charge in [-0.05, 0) is 63.2 Å². The Bertz CT molecular complexity index is 307. The number of hydrogen-bond donors (Lipinski definition) is 3. The minimum atomic E-state index is -0.998. The monoisotopic (exact) mass is 256 g/mol. The summed E-state index contributed by atoms with van der Waals surface area (Å²) in [7, 11) is 0. The summed E-state index contributed by atoms with van der Waals surface area (Å²) in [5.41, 5.74) is -1.69. The molecule has 0 aromatic rings. The van der Waals surface area contributed by atoms with Crippen LogP contribution in [0.1, 0.15) is 53.4 Å². The van der Waals surface area contributed by atoms with Crippen LogP contribution in [0.25, 0.3) is 0 Å². The van der Waals surface area contributed by atoms with Crippen LogP contribution in [0, 0.1) is 23.7 Å². The second kappa shape index (κ2) is 4.46. The molecule has 0 heterocycles. The van der Waals surface area contributed by atoms with Gasteiger partial charge in [0.2, 0.25) is 0 Å². The van der Waals surface area contributed by atoms with E-state index in [0.29, 0.717) is 18.3 Å². The Morgan fingerprint density at radius 1 is 1.00 bits per heavy atom. The van der Waals surface area contributed by atoms with Crippen molar-refractivity contribution >= 4 is 0 Å². The van der Waals surface area contributed by atoms with Gasteiger partial charge in [-0.2, -0.15) is 0 Å². The van der Waals surface area contributed by atoms with Crippen molar-refractivity contribution in [2.75, 3.05) is 0 Å². The molecule has 0 amide bonds. The van der Waals surface area contributed by atoms with Gasteiger partial charge in [0.25, 0.3) is 0 Å². The van der Waals surface area contributed by atoms with Crippen LogP contribution in [0.5, 0.6) is 0 Å². The summed E-state index contributed by atoms with van der Waals surface area (Å²) in [6.45, 7) is 7.98. The van der Waals surface area contributed by atoms with Gasteiger partial charge >= 0.3 is 0 Å². The predicted octanol–water partition coefficient (Wildman–Crippen LogP) is 1.94. The molecule has 0 unspecified atom stereocenters. The summed E-state index contributed by atoms with van der Waals surface area (Å²) in [4.78, 5) is 0. The molecule has 3 heteroatoms. The van der Waals surface area contributed by atoms with E-state index in [0.717, 1.165) is 19.3 Å². The third-order valence-electron chi connectivity index (χ3n) is 5.56. The summed E-state index contributed by atoms with van der Waals surface area (Å²) in [5, 5.41) is 31.4. The average Bonchev–Trinajstić information content (AvgIpc) is 2.23. The van der Waals surface area contributed by atoms with Crippen molar-refractivity contribution in [2.24, 2.45) is 23.7 Å². The molecule has 106 valence electrons. The zero-order valence-electron chi connectivity index (χ0n) is 12.1. The lowest BCUT2D eigenvalue weighted by Crippen LogP contribution is -2.60. The Hall–Kier alpha value is -0.120. The average molecular weight is 256 g/mol. The van der Waals surface area contributed by atoms with Crippen molar-refractivity contribution in [3.8, 4) is 0 Å². The van der Waals surface area contributed by atoms with Crippen molar-refractivity contribution < 1.29 is 15.3 Å². The largest absolute Gasteiger partial charge is 0.390 e. The van der Waals surface area contributed by atoms with Gasteiger partial charge in [-0.3, -0.25) is 0 Å². The summed E-state index contributed by atoms with van der Waals surface area (Å²) in [5.74, 6) is 1.03. The molecule has 2 saturated carbocycles. The summed E-state index contributed by atoms with van der Waals surface area (Å²) in [6, 6.07) is 0. The van der Waals surface area contributed by atoms with Gasteiger partial charge in [-0.25, -0.2) is 0 Å². The van der Waals surface area contributed by atoms with Crippen LogP contribution in [0.3, 0.4) is 0 Å². The van der Waals surface area contributed by atoms with Gasteiger partial charge in [-0.15, -0.1) is 0 Å². The Labute approximate surface area is 110 Å². The first-order chi connectivity index (χ1) is 8.17. The molecule has 2 fully saturated rings. The standard InChI is InChI=1S/C15H28O3/c1-9(2)10-5-7-14(3,17)11-6-8-15(4,18)13(16)12(10)11/h9-13,16-18H,5-8H2,1-4H3/t10-,11+,12-,13-,14-,15-/m0/s1. The molecule has 0 spiro atoms. The van der Waals surface area contributed by atoms with E-state index in [9.17, 15) is 15.3 Å². The van der Waals surface area contributed by atoms with Crippen molar-refractivity contribution in [1.29, 1.82) is 0 Å². The number of rotatable bonds is 1. The number of aliphatic hydroxyl groups excluding tert-OH is 1. The zero-order chi connectivity index (χ0) is 13.7. The fourth-order valence-electron chi connectivity index (χ4n) is 4.30. The molecule has 2 aliphatic carbocycles. The first-order valence-electron chi connectivity index (χ1n) is 7.29. The SMILES string of the molecule is CC(C)[C@@H]1CC[C@](C)(O)[C@@H]2CC[C@](C)(O)[C@@H](O)[C@H]21. The molecule has 6 atom stereocenters. The van der Waals surface area contributed by atoms with Crippen LogP contribution in [-0.4, -0.2) is 32.6 Å². The molecule has 3 nitrogen and oxygen atoms in total. The molecule has 0 aromatic carbocycles. The van der Waals surface area contributed by atoms with E-state index in [1.807, 2.05) is 6.92 Å². The van der Waals surface area contributed by atoms with Gasteiger partial charge in [0.05, 0.1) is 17.3 Å². The van der Waals surface area contributed by atoms with E-state index in [4.69, 9.17) is 0 Å². The van der Waals surface area contributed by atoms with E-state index >= 15 is 0 Å².